The van der Waals surface area contributed by atoms with Crippen molar-refractivity contribution in [2.75, 3.05) is 6.61 Å². The Morgan fingerprint density at radius 1 is 1.25 bits per heavy atom. The zero-order valence-electron chi connectivity index (χ0n) is 10.8. The number of carbonyl (C=O) groups is 1. The van der Waals surface area contributed by atoms with Crippen molar-refractivity contribution in [1.82, 2.24) is 4.98 Å². The molecule has 104 valence electrons. The van der Waals surface area contributed by atoms with Crippen LogP contribution in [0.1, 0.15) is 22.3 Å². The maximum Gasteiger partial charge on any atom is 0.339 e. The highest BCUT2D eigenvalue weighted by molar-refractivity contribution is 9.10. The Bertz CT molecular complexity index is 587. The van der Waals surface area contributed by atoms with E-state index in [0.717, 1.165) is 17.3 Å². The van der Waals surface area contributed by atoms with E-state index in [1.165, 1.54) is 11.6 Å². The van der Waals surface area contributed by atoms with Gasteiger partial charge in [-0.1, -0.05) is 15.9 Å². The molecule has 1 aromatic heterocycles. The highest BCUT2D eigenvalue weighted by Gasteiger charge is 2.11. The van der Waals surface area contributed by atoms with Crippen molar-refractivity contribution in [3.8, 4) is 5.75 Å². The van der Waals surface area contributed by atoms with Crippen LogP contribution in [0.2, 0.25) is 0 Å². The van der Waals surface area contributed by atoms with E-state index in [-0.39, 0.29) is 5.56 Å². The van der Waals surface area contributed by atoms with Gasteiger partial charge in [0.1, 0.15) is 11.3 Å². The first kappa shape index (κ1) is 14.5. The summed E-state index contributed by atoms with van der Waals surface area (Å²) in [5, 5.41) is 9.09. The summed E-state index contributed by atoms with van der Waals surface area (Å²) in [6.07, 6.45) is 5.20. The first-order valence-corrected chi connectivity index (χ1v) is 7.00. The second kappa shape index (κ2) is 7.05. The Hall–Kier alpha value is -1.88. The van der Waals surface area contributed by atoms with Gasteiger partial charge in [0.05, 0.1) is 6.61 Å². The molecule has 0 saturated carbocycles. The zero-order chi connectivity index (χ0) is 14.4. The second-order valence-corrected chi connectivity index (χ2v) is 5.17. The first-order chi connectivity index (χ1) is 9.66. The Kier molecular flexibility index (Phi) is 5.12. The Morgan fingerprint density at radius 2 is 2.00 bits per heavy atom. The summed E-state index contributed by atoms with van der Waals surface area (Å²) in [6.45, 7) is 0.471. The number of rotatable bonds is 6. The zero-order valence-corrected chi connectivity index (χ0v) is 12.3. The average Bonchev–Trinajstić information content (AvgIpc) is 2.44. The van der Waals surface area contributed by atoms with Crippen molar-refractivity contribution in [2.24, 2.45) is 0 Å². The van der Waals surface area contributed by atoms with Crippen LogP contribution >= 0.6 is 15.9 Å². The van der Waals surface area contributed by atoms with Crippen LogP contribution in [-0.2, 0) is 6.42 Å². The Morgan fingerprint density at radius 3 is 2.70 bits per heavy atom. The van der Waals surface area contributed by atoms with Crippen molar-refractivity contribution in [1.29, 1.82) is 0 Å². The minimum absolute atomic E-state index is 0.178. The molecule has 0 atom stereocenters. The van der Waals surface area contributed by atoms with Gasteiger partial charge in [-0.3, -0.25) is 4.98 Å². The van der Waals surface area contributed by atoms with Crippen molar-refractivity contribution in [3.63, 3.8) is 0 Å². The van der Waals surface area contributed by atoms with Crippen LogP contribution in [-0.4, -0.2) is 22.7 Å². The number of aromatic nitrogens is 1. The molecule has 1 heterocycles. The van der Waals surface area contributed by atoms with Gasteiger partial charge in [0.25, 0.3) is 0 Å². The number of benzene rings is 1. The topological polar surface area (TPSA) is 59.4 Å². The fraction of sp³-hybridized carbons (Fsp3) is 0.200. The third-order valence-electron chi connectivity index (χ3n) is 2.79. The lowest BCUT2D eigenvalue weighted by molar-refractivity contribution is 0.0692. The molecule has 2 aromatic rings. The molecular weight excluding hydrogens is 322 g/mol. The van der Waals surface area contributed by atoms with E-state index < -0.39 is 5.97 Å². The highest BCUT2D eigenvalue weighted by Crippen LogP contribution is 2.24. The van der Waals surface area contributed by atoms with Crippen molar-refractivity contribution < 1.29 is 14.6 Å². The number of pyridine rings is 1. The largest absolute Gasteiger partial charge is 0.493 e. The molecule has 0 aliphatic rings. The van der Waals surface area contributed by atoms with Gasteiger partial charge in [0, 0.05) is 16.9 Å². The third-order valence-corrected chi connectivity index (χ3v) is 3.28. The van der Waals surface area contributed by atoms with Gasteiger partial charge in [0.2, 0.25) is 0 Å². The SMILES string of the molecule is O=C(O)c1ccc(Br)cc1OCCCc1ccncc1. The number of carboxylic acid groups (broad SMARTS) is 1. The van der Waals surface area contributed by atoms with Crippen LogP contribution in [0, 0.1) is 0 Å². The fourth-order valence-corrected chi connectivity index (χ4v) is 2.14. The Balaban J connectivity index is 1.91. The smallest absolute Gasteiger partial charge is 0.339 e. The van der Waals surface area contributed by atoms with Crippen molar-refractivity contribution >= 4 is 21.9 Å². The summed E-state index contributed by atoms with van der Waals surface area (Å²) in [5.74, 6) is -0.594. The van der Waals surface area contributed by atoms with Crippen LogP contribution in [0.4, 0.5) is 0 Å². The molecule has 20 heavy (non-hydrogen) atoms. The van der Waals surface area contributed by atoms with E-state index in [9.17, 15) is 4.79 Å². The molecule has 0 aliphatic carbocycles. The fourth-order valence-electron chi connectivity index (χ4n) is 1.80. The molecule has 0 saturated heterocycles. The number of ether oxygens (including phenoxy) is 1. The van der Waals surface area contributed by atoms with Crippen molar-refractivity contribution in [2.45, 2.75) is 12.8 Å². The number of aromatic carboxylic acids is 1. The van der Waals surface area contributed by atoms with Gasteiger partial charge in [-0.25, -0.2) is 4.79 Å². The summed E-state index contributed by atoms with van der Waals surface area (Å²) in [6, 6.07) is 8.82. The lowest BCUT2D eigenvalue weighted by Crippen LogP contribution is -2.05. The molecule has 0 unspecified atom stereocenters. The van der Waals surface area contributed by atoms with Crippen LogP contribution in [0.5, 0.6) is 5.75 Å². The lowest BCUT2D eigenvalue weighted by Gasteiger charge is -2.09. The monoisotopic (exact) mass is 335 g/mol. The molecule has 5 heteroatoms. The average molecular weight is 336 g/mol. The number of aryl methyl sites for hydroxylation is 1. The number of hydrogen-bond donors (Lipinski definition) is 1. The van der Waals surface area contributed by atoms with Gasteiger partial charge < -0.3 is 9.84 Å². The molecule has 0 spiro atoms. The molecule has 0 amide bonds. The molecule has 0 bridgehead atoms. The molecule has 1 aromatic carbocycles. The van der Waals surface area contributed by atoms with Gasteiger partial charge in [-0.2, -0.15) is 0 Å². The number of nitrogens with zero attached hydrogens (tertiary/aromatic N) is 1. The highest BCUT2D eigenvalue weighted by atomic mass is 79.9. The van der Waals surface area contributed by atoms with Gasteiger partial charge in [0.15, 0.2) is 0 Å². The molecule has 0 aliphatic heterocycles. The molecule has 4 nitrogen and oxygen atoms in total. The third kappa shape index (κ3) is 4.06. The predicted octanol–water partition coefficient (Wildman–Crippen LogP) is 3.55. The van der Waals surface area contributed by atoms with E-state index in [2.05, 4.69) is 20.9 Å². The maximum atomic E-state index is 11.1. The van der Waals surface area contributed by atoms with Crippen LogP contribution in [0.3, 0.4) is 0 Å². The van der Waals surface area contributed by atoms with Gasteiger partial charge in [-0.05, 0) is 48.7 Å². The minimum Gasteiger partial charge on any atom is -0.493 e. The van der Waals surface area contributed by atoms with E-state index >= 15 is 0 Å². The van der Waals surface area contributed by atoms with E-state index in [0.29, 0.717) is 12.4 Å². The Labute approximate surface area is 125 Å². The lowest BCUT2D eigenvalue weighted by atomic mass is 10.1. The van der Waals surface area contributed by atoms with E-state index in [1.807, 2.05) is 12.1 Å². The summed E-state index contributed by atoms with van der Waals surface area (Å²) in [7, 11) is 0. The normalized spacial score (nSPS) is 10.2. The number of hydrogen-bond acceptors (Lipinski definition) is 3. The summed E-state index contributed by atoms with van der Waals surface area (Å²) in [5.41, 5.74) is 1.37. The standard InChI is InChI=1S/C15H14BrNO3/c16-12-3-4-13(15(18)19)14(10-12)20-9-1-2-11-5-7-17-8-6-11/h3-8,10H,1-2,9H2,(H,18,19). The summed E-state index contributed by atoms with van der Waals surface area (Å²) >= 11 is 3.31. The molecule has 0 radical (unpaired) electrons. The molecule has 2 rings (SSSR count). The van der Waals surface area contributed by atoms with E-state index in [1.54, 1.807) is 24.5 Å². The van der Waals surface area contributed by atoms with E-state index in [4.69, 9.17) is 9.84 Å². The summed E-state index contributed by atoms with van der Waals surface area (Å²) in [4.78, 5) is 15.0. The summed E-state index contributed by atoms with van der Waals surface area (Å²) < 4.78 is 6.37. The molecular formula is C15H14BrNO3. The predicted molar refractivity (Wildman–Crippen MR) is 79.2 cm³/mol. The van der Waals surface area contributed by atoms with Crippen LogP contribution in [0.15, 0.2) is 47.2 Å². The van der Waals surface area contributed by atoms with Gasteiger partial charge in [-0.15, -0.1) is 0 Å². The minimum atomic E-state index is -0.985. The quantitative estimate of drug-likeness (QED) is 0.820. The molecule has 1 N–H and O–H groups in total. The van der Waals surface area contributed by atoms with Crippen LogP contribution < -0.4 is 4.74 Å². The molecule has 0 fully saturated rings. The van der Waals surface area contributed by atoms with Crippen molar-refractivity contribution in [3.05, 3.63) is 58.3 Å². The number of halogens is 1. The van der Waals surface area contributed by atoms with Crippen LogP contribution in [0.25, 0.3) is 0 Å². The maximum absolute atomic E-state index is 11.1. The van der Waals surface area contributed by atoms with Gasteiger partial charge >= 0.3 is 5.97 Å². The number of carboxylic acids is 1. The second-order valence-electron chi connectivity index (χ2n) is 4.25. The first-order valence-electron chi connectivity index (χ1n) is 6.21.